The maximum atomic E-state index is 10.9. The lowest BCUT2D eigenvalue weighted by Crippen LogP contribution is -2.05. The van der Waals surface area contributed by atoms with Crippen LogP contribution in [0.4, 0.5) is 0 Å². The maximum absolute atomic E-state index is 10.9. The Morgan fingerprint density at radius 2 is 2.31 bits per heavy atom. The number of rotatable bonds is 2. The van der Waals surface area contributed by atoms with E-state index in [1.807, 2.05) is 0 Å². The molecule has 0 bridgehead atoms. The predicted molar refractivity (Wildman–Crippen MR) is 49.0 cm³/mol. The van der Waals surface area contributed by atoms with Crippen LogP contribution in [0.3, 0.4) is 0 Å². The fourth-order valence-electron chi connectivity index (χ4n) is 0.767. The monoisotopic (exact) mass is 200 g/mol. The molecule has 1 N–H and O–H groups in total. The van der Waals surface area contributed by atoms with Gasteiger partial charge >= 0.3 is 5.97 Å². The fourth-order valence-corrected chi connectivity index (χ4v) is 0.981. The maximum Gasteiger partial charge on any atom is 0.310 e. The highest BCUT2D eigenvalue weighted by atomic mass is 35.5. The minimum absolute atomic E-state index is 0.0429. The molecule has 0 radical (unpaired) electrons. The molecular weight excluding hydrogens is 192 g/mol. The summed E-state index contributed by atoms with van der Waals surface area (Å²) in [7, 11) is 0. The Morgan fingerprint density at radius 1 is 1.62 bits per heavy atom. The summed E-state index contributed by atoms with van der Waals surface area (Å²) >= 11 is 5.69. The molecule has 0 aliphatic rings. The van der Waals surface area contributed by atoms with Crippen molar-refractivity contribution in [2.75, 3.05) is 0 Å². The van der Waals surface area contributed by atoms with Crippen LogP contribution < -0.4 is 4.74 Å². The molecule has 0 fully saturated rings. The molecule has 1 aromatic rings. The quantitative estimate of drug-likeness (QED) is 0.589. The zero-order valence-electron chi connectivity index (χ0n) is 7.08. The van der Waals surface area contributed by atoms with E-state index >= 15 is 0 Å². The summed E-state index contributed by atoms with van der Waals surface area (Å²) in [4.78, 5) is 10.9. The van der Waals surface area contributed by atoms with Gasteiger partial charge in [-0.05, 0) is 12.1 Å². The molecule has 1 aromatic carbocycles. The van der Waals surface area contributed by atoms with Crippen LogP contribution in [0.2, 0.25) is 5.02 Å². The van der Waals surface area contributed by atoms with E-state index < -0.39 is 0 Å². The van der Waals surface area contributed by atoms with Gasteiger partial charge in [-0.15, -0.1) is 0 Å². The van der Waals surface area contributed by atoms with Gasteiger partial charge in [0.15, 0.2) is 0 Å². The summed E-state index contributed by atoms with van der Waals surface area (Å²) in [6, 6.07) is 4.18. The van der Waals surface area contributed by atoms with Crippen LogP contribution in [0.5, 0.6) is 11.5 Å². The van der Waals surface area contributed by atoms with E-state index in [4.69, 9.17) is 21.4 Å². The average molecular weight is 201 g/mol. The second-order valence-electron chi connectivity index (χ2n) is 2.44. The second kappa shape index (κ2) is 4.14. The third kappa shape index (κ3) is 2.63. The van der Waals surface area contributed by atoms with Gasteiger partial charge in [0.1, 0.15) is 11.5 Å². The Bertz CT molecular complexity index is 323. The molecule has 0 spiro atoms. The van der Waals surface area contributed by atoms with E-state index in [-0.39, 0.29) is 28.9 Å². The van der Waals surface area contributed by atoms with Crippen molar-refractivity contribution in [1.29, 1.82) is 0 Å². The number of aromatic hydroxyl groups is 1. The molecule has 0 amide bonds. The number of phenolic OH excluding ortho intramolecular Hbond substituents is 1. The summed E-state index contributed by atoms with van der Waals surface area (Å²) in [6.45, 7) is 1.69. The van der Waals surface area contributed by atoms with E-state index in [1.54, 1.807) is 6.92 Å². The molecule has 0 aromatic heterocycles. The molecule has 3 nitrogen and oxygen atoms in total. The summed E-state index contributed by atoms with van der Waals surface area (Å²) in [5.74, 6) is -0.0415. The van der Waals surface area contributed by atoms with Crippen LogP contribution in [-0.2, 0) is 4.79 Å². The van der Waals surface area contributed by atoms with E-state index in [2.05, 4.69) is 0 Å². The normalized spacial score (nSPS) is 9.69. The Labute approximate surface area is 80.9 Å². The smallest absolute Gasteiger partial charge is 0.310 e. The minimum Gasteiger partial charge on any atom is -0.508 e. The minimum atomic E-state index is -0.354. The van der Waals surface area contributed by atoms with E-state index in [0.29, 0.717) is 0 Å². The number of ether oxygens (including phenoxy) is 1. The molecule has 0 heterocycles. The Kier molecular flexibility index (Phi) is 3.14. The first-order valence-electron chi connectivity index (χ1n) is 3.82. The van der Waals surface area contributed by atoms with E-state index in [0.717, 1.165) is 0 Å². The SMILES string of the molecule is CCC(=O)Oc1ccc(O)cc1Cl. The third-order valence-electron chi connectivity index (χ3n) is 1.43. The number of phenols is 1. The summed E-state index contributed by atoms with van der Waals surface area (Å²) < 4.78 is 4.87. The highest BCUT2D eigenvalue weighted by Crippen LogP contribution is 2.28. The van der Waals surface area contributed by atoms with Gasteiger partial charge < -0.3 is 9.84 Å². The van der Waals surface area contributed by atoms with Crippen molar-refractivity contribution < 1.29 is 14.6 Å². The molecule has 0 atom stereocenters. The van der Waals surface area contributed by atoms with Crippen molar-refractivity contribution in [2.45, 2.75) is 13.3 Å². The fraction of sp³-hybridized carbons (Fsp3) is 0.222. The first-order valence-corrected chi connectivity index (χ1v) is 4.20. The van der Waals surface area contributed by atoms with Gasteiger partial charge in [-0.25, -0.2) is 0 Å². The van der Waals surface area contributed by atoms with Crippen molar-refractivity contribution in [3.05, 3.63) is 23.2 Å². The van der Waals surface area contributed by atoms with Gasteiger partial charge in [0.2, 0.25) is 0 Å². The lowest BCUT2D eigenvalue weighted by molar-refractivity contribution is -0.134. The summed E-state index contributed by atoms with van der Waals surface area (Å²) in [5.41, 5.74) is 0. The number of hydrogen-bond donors (Lipinski definition) is 1. The van der Waals surface area contributed by atoms with E-state index in [1.165, 1.54) is 18.2 Å². The Morgan fingerprint density at radius 3 is 2.85 bits per heavy atom. The Hall–Kier alpha value is -1.22. The van der Waals surface area contributed by atoms with Gasteiger partial charge in [0.25, 0.3) is 0 Å². The van der Waals surface area contributed by atoms with Gasteiger partial charge in [-0.1, -0.05) is 18.5 Å². The average Bonchev–Trinajstić information content (AvgIpc) is 2.09. The summed E-state index contributed by atoms with van der Waals surface area (Å²) in [5, 5.41) is 9.23. The predicted octanol–water partition coefficient (Wildman–Crippen LogP) is 2.36. The van der Waals surface area contributed by atoms with Gasteiger partial charge in [-0.3, -0.25) is 4.79 Å². The number of carbonyl (C=O) groups excluding carboxylic acids is 1. The van der Waals surface area contributed by atoms with Crippen molar-refractivity contribution in [3.63, 3.8) is 0 Å². The van der Waals surface area contributed by atoms with Crippen LogP contribution in [0, 0.1) is 0 Å². The van der Waals surface area contributed by atoms with E-state index in [9.17, 15) is 4.79 Å². The molecule has 0 aliphatic heterocycles. The number of halogens is 1. The number of hydrogen-bond acceptors (Lipinski definition) is 3. The molecule has 13 heavy (non-hydrogen) atoms. The van der Waals surface area contributed by atoms with Crippen LogP contribution in [0.25, 0.3) is 0 Å². The van der Waals surface area contributed by atoms with Crippen LogP contribution in [0.15, 0.2) is 18.2 Å². The first-order chi connectivity index (χ1) is 6.13. The highest BCUT2D eigenvalue weighted by molar-refractivity contribution is 6.32. The largest absolute Gasteiger partial charge is 0.508 e. The lowest BCUT2D eigenvalue weighted by atomic mass is 10.3. The highest BCUT2D eigenvalue weighted by Gasteiger charge is 2.06. The number of esters is 1. The third-order valence-corrected chi connectivity index (χ3v) is 1.72. The molecule has 0 saturated heterocycles. The molecule has 1 rings (SSSR count). The van der Waals surface area contributed by atoms with Crippen molar-refractivity contribution >= 4 is 17.6 Å². The standard InChI is InChI=1S/C9H9ClO3/c1-2-9(12)13-8-4-3-6(11)5-7(8)10/h3-5,11H,2H2,1H3. The zero-order chi connectivity index (χ0) is 9.84. The molecular formula is C9H9ClO3. The van der Waals surface area contributed by atoms with Crippen molar-refractivity contribution in [1.82, 2.24) is 0 Å². The van der Waals surface area contributed by atoms with Crippen LogP contribution in [-0.4, -0.2) is 11.1 Å². The topological polar surface area (TPSA) is 46.5 Å². The van der Waals surface area contributed by atoms with Gasteiger partial charge in [0.05, 0.1) is 5.02 Å². The molecule has 0 aliphatic carbocycles. The molecule has 70 valence electrons. The molecule has 0 saturated carbocycles. The Balaban J connectivity index is 2.83. The molecule has 0 unspecified atom stereocenters. The number of carbonyl (C=O) groups is 1. The van der Waals surface area contributed by atoms with Crippen molar-refractivity contribution in [2.24, 2.45) is 0 Å². The van der Waals surface area contributed by atoms with Crippen LogP contribution >= 0.6 is 11.6 Å². The number of benzene rings is 1. The summed E-state index contributed by atoms with van der Waals surface area (Å²) in [6.07, 6.45) is 0.289. The van der Waals surface area contributed by atoms with Crippen LogP contribution in [0.1, 0.15) is 13.3 Å². The van der Waals surface area contributed by atoms with Gasteiger partial charge in [0, 0.05) is 12.5 Å². The lowest BCUT2D eigenvalue weighted by Gasteiger charge is -2.04. The van der Waals surface area contributed by atoms with Gasteiger partial charge in [-0.2, -0.15) is 0 Å². The molecule has 4 heteroatoms. The second-order valence-corrected chi connectivity index (χ2v) is 2.85. The van der Waals surface area contributed by atoms with Crippen molar-refractivity contribution in [3.8, 4) is 11.5 Å². The first kappa shape index (κ1) is 9.86. The zero-order valence-corrected chi connectivity index (χ0v) is 7.84.